The van der Waals surface area contributed by atoms with E-state index in [2.05, 4.69) is 15.2 Å². The zero-order chi connectivity index (χ0) is 55.3. The third kappa shape index (κ3) is 15.7. The van der Waals surface area contributed by atoms with Crippen molar-refractivity contribution in [3.05, 3.63) is 59.5 Å². The number of esters is 1. The van der Waals surface area contributed by atoms with Crippen molar-refractivity contribution in [2.45, 2.75) is 187 Å². The maximum atomic E-state index is 14.7. The number of hydrogen-bond donors (Lipinski definition) is 2. The van der Waals surface area contributed by atoms with Crippen molar-refractivity contribution in [3.8, 4) is 0 Å². The highest BCUT2D eigenvalue weighted by Crippen LogP contribution is 2.40. The van der Waals surface area contributed by atoms with Crippen molar-refractivity contribution in [1.29, 1.82) is 0 Å². The van der Waals surface area contributed by atoms with Gasteiger partial charge in [0.15, 0.2) is 5.78 Å². The van der Waals surface area contributed by atoms with E-state index in [1.807, 2.05) is 69.0 Å². The summed E-state index contributed by atoms with van der Waals surface area (Å²) in [4.78, 5) is 75.2. The second-order valence-corrected chi connectivity index (χ2v) is 22.7. The van der Waals surface area contributed by atoms with Crippen LogP contribution in [0.4, 0.5) is 0 Å². The third-order valence-electron chi connectivity index (χ3n) is 16.9. The summed E-state index contributed by atoms with van der Waals surface area (Å²) in [5.41, 5.74) is 2.16. The van der Waals surface area contributed by atoms with Crippen LogP contribution >= 0.6 is 0 Å². The molecule has 3 saturated heterocycles. The van der Waals surface area contributed by atoms with E-state index >= 15 is 0 Å². The van der Waals surface area contributed by atoms with Crippen LogP contribution in [0.3, 0.4) is 0 Å². The molecule has 5 aliphatic rings. The van der Waals surface area contributed by atoms with Gasteiger partial charge in [0.2, 0.25) is 5.79 Å². The first-order valence-electron chi connectivity index (χ1n) is 28.0. The lowest BCUT2D eigenvalue weighted by Gasteiger charge is -2.42. The Balaban J connectivity index is 1.26. The first-order chi connectivity index (χ1) is 36.3. The molecule has 1 saturated carbocycles. The van der Waals surface area contributed by atoms with Crippen molar-refractivity contribution < 1.29 is 62.6 Å². The largest absolute Gasteiger partial charge is 0.460 e. The summed E-state index contributed by atoms with van der Waals surface area (Å²) in [7, 11) is 4.67. The summed E-state index contributed by atoms with van der Waals surface area (Å²) >= 11 is 0. The van der Waals surface area contributed by atoms with Crippen LogP contribution in [0.25, 0.3) is 0 Å². The van der Waals surface area contributed by atoms with Gasteiger partial charge in [-0.15, -0.1) is 5.10 Å². The molecule has 5 heterocycles. The number of aliphatic hydroxyl groups excluding tert-OH is 1. The average molecular weight is 1060 g/mol. The standard InChI is InChI=1S/C58H89N5O13/c1-36-16-12-11-13-17-37(2)49(71-8)32-45-21-19-42(7)58(70,76-45)55(67)56(68)62-23-15-14-18-47(62)57(69)75-50(33-48(64)38(3)29-41(6)53(66)54(73-10)52(65)40(5)28-36)39(4)30-43-20-22-46(51(31-43)72-9)63-35-44(59-60-63)34-61-24-26-74-27-25-61/h11-13,16-17,29,35-36,38-40,42-43,45-47,49-51,53-54,66,70H,14-15,18-28,30-34H2,1-10H3/b13-11?,16-12+,37-17?,41-29+/t36-,38-,39-,40-,42-,43+,45+,46+,47+,49+,50+,51-,53-,54+,58-/m1/s1. The molecule has 18 nitrogen and oxygen atoms in total. The van der Waals surface area contributed by atoms with Gasteiger partial charge in [0, 0.05) is 78.1 Å². The molecule has 1 aromatic rings. The summed E-state index contributed by atoms with van der Waals surface area (Å²) < 4.78 is 37.6. The topological polar surface area (TPSA) is 218 Å². The summed E-state index contributed by atoms with van der Waals surface area (Å²) in [5, 5.41) is 32.6. The Hall–Kier alpha value is -4.27. The number of allylic oxidation sites excluding steroid dienone is 6. The Morgan fingerprint density at radius 1 is 0.855 bits per heavy atom. The molecule has 18 heteroatoms. The predicted octanol–water partition coefficient (Wildman–Crippen LogP) is 6.48. The third-order valence-corrected chi connectivity index (χ3v) is 16.9. The molecule has 2 bridgehead atoms. The number of amides is 1. The van der Waals surface area contributed by atoms with Crippen molar-refractivity contribution in [2.24, 2.45) is 35.5 Å². The molecular weight excluding hydrogens is 975 g/mol. The number of carbonyl (C=O) groups is 5. The number of hydrogen-bond acceptors (Lipinski definition) is 16. The van der Waals surface area contributed by atoms with Crippen molar-refractivity contribution >= 4 is 29.2 Å². The van der Waals surface area contributed by atoms with Crippen LogP contribution in [0, 0.1) is 35.5 Å². The minimum Gasteiger partial charge on any atom is -0.460 e. The molecule has 0 radical (unpaired) electrons. The lowest BCUT2D eigenvalue weighted by Crippen LogP contribution is -2.61. The number of methoxy groups -OCH3 is 3. The van der Waals surface area contributed by atoms with Crippen LogP contribution in [-0.4, -0.2) is 167 Å². The number of aliphatic hydroxyl groups is 2. The summed E-state index contributed by atoms with van der Waals surface area (Å²) in [6.07, 6.45) is 14.4. The molecule has 15 atom stereocenters. The quantitative estimate of drug-likeness (QED) is 0.154. The van der Waals surface area contributed by atoms with Crippen molar-refractivity contribution in [3.63, 3.8) is 0 Å². The molecule has 6 rings (SSSR count). The molecule has 4 aliphatic heterocycles. The maximum Gasteiger partial charge on any atom is 0.329 e. The number of aromatic nitrogens is 3. The van der Waals surface area contributed by atoms with Gasteiger partial charge >= 0.3 is 5.97 Å². The molecule has 0 aromatic carbocycles. The SMILES string of the molecule is CO[C@H]1C[C@@H]2CC[C@@H](C)[C@@](O)(O2)C(=O)C(=O)N2CCCC[C@H]2C(=O)O[C@H]([C@H](C)C[C@@H]2CC[C@H](n3cc(CN4CCOCC4)nn3)[C@H](OC)C2)CC(=O)[C@H](C)/C=C(\C)[C@@H](O)[C@@H](OC)C(=O)[C@H](C)C[C@H](C)/C=C/C=CC=C1C. The number of morpholine rings is 1. The zero-order valence-corrected chi connectivity index (χ0v) is 47.0. The van der Waals surface area contributed by atoms with Gasteiger partial charge < -0.3 is 43.5 Å². The fraction of sp³-hybridized carbons (Fsp3) is 0.741. The number of ether oxygens (including phenoxy) is 6. The van der Waals surface area contributed by atoms with E-state index in [0.29, 0.717) is 76.7 Å². The van der Waals surface area contributed by atoms with E-state index in [-0.39, 0.29) is 60.9 Å². The molecule has 0 unspecified atom stereocenters. The van der Waals surface area contributed by atoms with Crippen LogP contribution in [0.2, 0.25) is 0 Å². The molecule has 76 heavy (non-hydrogen) atoms. The minimum atomic E-state index is -2.44. The molecule has 424 valence electrons. The Morgan fingerprint density at radius 2 is 1.61 bits per heavy atom. The molecule has 1 amide bonds. The number of cyclic esters (lactones) is 1. The van der Waals surface area contributed by atoms with E-state index in [1.54, 1.807) is 41.1 Å². The summed E-state index contributed by atoms with van der Waals surface area (Å²) in [6.45, 7) is 16.6. The van der Waals surface area contributed by atoms with Gasteiger partial charge in [0.05, 0.1) is 49.5 Å². The van der Waals surface area contributed by atoms with E-state index in [4.69, 9.17) is 28.4 Å². The second-order valence-electron chi connectivity index (χ2n) is 22.7. The van der Waals surface area contributed by atoms with E-state index in [9.17, 15) is 34.2 Å². The Bertz CT molecular complexity index is 2240. The first kappa shape index (κ1) is 61.0. The Morgan fingerprint density at radius 3 is 2.32 bits per heavy atom. The Kier molecular flexibility index (Phi) is 22.9. The molecule has 0 spiro atoms. The molecular formula is C58H89N5O13. The minimum absolute atomic E-state index is 0.0141. The van der Waals surface area contributed by atoms with Crippen LogP contribution in [-0.2, 0) is 58.9 Å². The van der Waals surface area contributed by atoms with Gasteiger partial charge in [-0.25, -0.2) is 9.48 Å². The fourth-order valence-electron chi connectivity index (χ4n) is 12.0. The second kappa shape index (κ2) is 28.6. The molecule has 1 aliphatic carbocycles. The van der Waals surface area contributed by atoms with E-state index in [1.165, 1.54) is 12.0 Å². The highest BCUT2D eigenvalue weighted by atomic mass is 16.6. The lowest BCUT2D eigenvalue weighted by molar-refractivity contribution is -0.265. The van der Waals surface area contributed by atoms with Crippen LogP contribution in [0.1, 0.15) is 137 Å². The number of carbonyl (C=O) groups excluding carboxylic acids is 5. The molecule has 4 fully saturated rings. The van der Waals surface area contributed by atoms with Gasteiger partial charge in [0.1, 0.15) is 30.1 Å². The fourth-order valence-corrected chi connectivity index (χ4v) is 12.0. The number of ketones is 3. The zero-order valence-electron chi connectivity index (χ0n) is 47.0. The predicted molar refractivity (Wildman–Crippen MR) is 284 cm³/mol. The number of rotatable bonds is 9. The number of piperidine rings is 1. The van der Waals surface area contributed by atoms with Crippen molar-refractivity contribution in [1.82, 2.24) is 24.8 Å². The van der Waals surface area contributed by atoms with E-state index < -0.39 is 77.8 Å². The normalized spacial score (nSPS) is 36.7. The highest BCUT2D eigenvalue weighted by Gasteiger charge is 2.53. The number of fused-ring (bicyclic) bond motifs is 3. The van der Waals surface area contributed by atoms with Crippen molar-refractivity contribution in [2.75, 3.05) is 54.2 Å². The van der Waals surface area contributed by atoms with Gasteiger partial charge in [-0.1, -0.05) is 76.3 Å². The summed E-state index contributed by atoms with van der Waals surface area (Å²) in [5.74, 6) is -7.93. The van der Waals surface area contributed by atoms with Gasteiger partial charge in [-0.2, -0.15) is 0 Å². The van der Waals surface area contributed by atoms with Crippen LogP contribution in [0.5, 0.6) is 0 Å². The van der Waals surface area contributed by atoms with Gasteiger partial charge in [0.25, 0.3) is 11.7 Å². The van der Waals surface area contributed by atoms with Gasteiger partial charge in [-0.3, -0.25) is 24.1 Å². The highest BCUT2D eigenvalue weighted by molar-refractivity contribution is 6.39. The monoisotopic (exact) mass is 1060 g/mol. The first-order valence-corrected chi connectivity index (χ1v) is 28.0. The number of nitrogens with zero attached hydrogens (tertiary/aromatic N) is 5. The average Bonchev–Trinajstić information content (AvgIpc) is 3.88. The van der Waals surface area contributed by atoms with Crippen LogP contribution < -0.4 is 0 Å². The van der Waals surface area contributed by atoms with Gasteiger partial charge in [-0.05, 0) is 107 Å². The van der Waals surface area contributed by atoms with E-state index in [0.717, 1.165) is 37.2 Å². The van der Waals surface area contributed by atoms with Crippen LogP contribution in [0.15, 0.2) is 53.8 Å². The lowest BCUT2D eigenvalue weighted by atomic mass is 9.77. The summed E-state index contributed by atoms with van der Waals surface area (Å²) in [6, 6.07) is -1.18. The maximum absolute atomic E-state index is 14.7. The Labute approximate surface area is 450 Å². The number of Topliss-reactive ketones (excluding diaryl/α,β-unsaturated/α-hetero) is 3. The molecule has 1 aromatic heterocycles. The smallest absolute Gasteiger partial charge is 0.329 e. The molecule has 2 N–H and O–H groups in total.